The summed E-state index contributed by atoms with van der Waals surface area (Å²) in [5, 5.41) is 11.1. The van der Waals surface area contributed by atoms with E-state index in [2.05, 4.69) is 20.0 Å². The maximum absolute atomic E-state index is 10.6. The minimum absolute atomic E-state index is 0.336. The van der Waals surface area contributed by atoms with Crippen molar-refractivity contribution >= 4 is 11.8 Å². The number of carboxylic acid groups (broad SMARTS) is 1. The fourth-order valence-electron chi connectivity index (χ4n) is 2.69. The largest absolute Gasteiger partial charge is 0.490 e. The number of alkyl halides is 3. The van der Waals surface area contributed by atoms with E-state index >= 15 is 0 Å². The van der Waals surface area contributed by atoms with Crippen LogP contribution in [0.15, 0.2) is 39.4 Å². The second kappa shape index (κ2) is 8.95. The van der Waals surface area contributed by atoms with Gasteiger partial charge in [-0.3, -0.25) is 0 Å². The number of anilines is 1. The molecule has 1 aliphatic heterocycles. The number of hydrogen-bond donors (Lipinski definition) is 2. The van der Waals surface area contributed by atoms with Crippen LogP contribution in [0.4, 0.5) is 19.0 Å². The van der Waals surface area contributed by atoms with Crippen LogP contribution in [0.25, 0.3) is 23.0 Å². The molecule has 4 rings (SSSR count). The van der Waals surface area contributed by atoms with E-state index in [4.69, 9.17) is 24.6 Å². The molecule has 160 valence electrons. The Bertz CT molecular complexity index is 978. The Morgan fingerprint density at radius 1 is 1.20 bits per heavy atom. The fourth-order valence-corrected chi connectivity index (χ4v) is 2.69. The van der Waals surface area contributed by atoms with Crippen LogP contribution in [0.1, 0.15) is 18.6 Å². The Kier molecular flexibility index (Phi) is 6.35. The van der Waals surface area contributed by atoms with Crippen LogP contribution >= 0.6 is 0 Å². The number of hydrogen-bond acceptors (Lipinski definition) is 8. The number of furan rings is 1. The van der Waals surface area contributed by atoms with Gasteiger partial charge in [-0.05, 0) is 37.1 Å². The summed E-state index contributed by atoms with van der Waals surface area (Å²) in [6.07, 6.45) is -0.854. The maximum atomic E-state index is 10.6. The van der Waals surface area contributed by atoms with E-state index in [1.54, 1.807) is 18.3 Å². The molecule has 0 atom stereocenters. The second-order valence-corrected chi connectivity index (χ2v) is 6.30. The number of nitrogens with two attached hydrogens (primary N) is 1. The molecule has 0 bridgehead atoms. The molecule has 30 heavy (non-hydrogen) atoms. The van der Waals surface area contributed by atoms with Crippen molar-refractivity contribution in [1.29, 1.82) is 0 Å². The number of carboxylic acids is 1. The SMILES string of the molecule is NCc1ccc(-c2nc(-c3ccc(N4CCCC4)nc3)no2)o1.O=C(O)C(F)(F)F. The third kappa shape index (κ3) is 5.14. The minimum Gasteiger partial charge on any atom is -0.475 e. The van der Waals surface area contributed by atoms with E-state index in [0.29, 0.717) is 29.8 Å². The topological polar surface area (TPSA) is 132 Å². The van der Waals surface area contributed by atoms with Crippen LogP contribution in [-0.4, -0.2) is 45.5 Å². The number of rotatable bonds is 4. The van der Waals surface area contributed by atoms with Gasteiger partial charge in [-0.1, -0.05) is 5.16 Å². The average molecular weight is 425 g/mol. The molecule has 0 saturated carbocycles. The third-order valence-corrected chi connectivity index (χ3v) is 4.18. The molecule has 0 spiro atoms. The fraction of sp³-hybridized carbons (Fsp3) is 0.333. The highest BCUT2D eigenvalue weighted by Crippen LogP contribution is 2.25. The summed E-state index contributed by atoms with van der Waals surface area (Å²) >= 11 is 0. The summed E-state index contributed by atoms with van der Waals surface area (Å²) < 4.78 is 42.5. The number of halogens is 3. The standard InChI is InChI=1S/C16H17N5O2.C2HF3O2/c17-9-12-4-5-13(22-12)16-19-15(20-23-16)11-3-6-14(18-10-11)21-7-1-2-8-21;3-2(4,5)1(6)7/h3-6,10H,1-2,7-9,17H2;(H,6,7). The Balaban J connectivity index is 0.000000318. The normalized spacial score (nSPS) is 13.8. The van der Waals surface area contributed by atoms with Gasteiger partial charge in [0.1, 0.15) is 11.6 Å². The van der Waals surface area contributed by atoms with Gasteiger partial charge in [0.05, 0.1) is 6.54 Å². The van der Waals surface area contributed by atoms with Crippen molar-refractivity contribution < 1.29 is 32.0 Å². The molecule has 0 amide bonds. The molecule has 3 aromatic heterocycles. The molecular formula is C18H18F3N5O4. The van der Waals surface area contributed by atoms with Crippen molar-refractivity contribution in [3.05, 3.63) is 36.2 Å². The quantitative estimate of drug-likeness (QED) is 0.647. The lowest BCUT2D eigenvalue weighted by molar-refractivity contribution is -0.192. The predicted molar refractivity (Wildman–Crippen MR) is 98.3 cm³/mol. The Morgan fingerprint density at radius 3 is 2.43 bits per heavy atom. The molecule has 3 N–H and O–H groups in total. The monoisotopic (exact) mass is 425 g/mol. The van der Waals surface area contributed by atoms with Gasteiger partial charge in [0, 0.05) is 24.8 Å². The lowest BCUT2D eigenvalue weighted by Crippen LogP contribution is -2.21. The van der Waals surface area contributed by atoms with Crippen LogP contribution in [-0.2, 0) is 11.3 Å². The van der Waals surface area contributed by atoms with Crippen molar-refractivity contribution in [2.24, 2.45) is 5.73 Å². The number of nitrogens with zero attached hydrogens (tertiary/aromatic N) is 4. The summed E-state index contributed by atoms with van der Waals surface area (Å²) in [7, 11) is 0. The highest BCUT2D eigenvalue weighted by molar-refractivity contribution is 5.73. The first-order valence-corrected chi connectivity index (χ1v) is 8.92. The molecule has 4 heterocycles. The lowest BCUT2D eigenvalue weighted by Gasteiger charge is -2.15. The second-order valence-electron chi connectivity index (χ2n) is 6.30. The summed E-state index contributed by atoms with van der Waals surface area (Å²) in [6, 6.07) is 7.53. The highest BCUT2D eigenvalue weighted by atomic mass is 19.4. The Hall–Kier alpha value is -3.41. The minimum atomic E-state index is -5.08. The molecule has 0 radical (unpaired) electrons. The molecule has 1 aliphatic rings. The van der Waals surface area contributed by atoms with Crippen molar-refractivity contribution in [2.75, 3.05) is 18.0 Å². The van der Waals surface area contributed by atoms with E-state index in [-0.39, 0.29) is 0 Å². The van der Waals surface area contributed by atoms with Gasteiger partial charge in [0.2, 0.25) is 5.82 Å². The van der Waals surface area contributed by atoms with E-state index in [1.807, 2.05) is 12.1 Å². The van der Waals surface area contributed by atoms with Crippen LogP contribution in [0.5, 0.6) is 0 Å². The third-order valence-electron chi connectivity index (χ3n) is 4.18. The first kappa shape index (κ1) is 21.3. The smallest absolute Gasteiger partial charge is 0.475 e. The zero-order valence-corrected chi connectivity index (χ0v) is 15.6. The first-order chi connectivity index (χ1) is 14.3. The van der Waals surface area contributed by atoms with Gasteiger partial charge in [-0.25, -0.2) is 9.78 Å². The Labute approximate surface area is 168 Å². The molecule has 9 nitrogen and oxygen atoms in total. The van der Waals surface area contributed by atoms with Crippen LogP contribution < -0.4 is 10.6 Å². The van der Waals surface area contributed by atoms with E-state index < -0.39 is 12.1 Å². The summed E-state index contributed by atoms with van der Waals surface area (Å²) in [5.74, 6) is 0.262. The molecule has 12 heteroatoms. The summed E-state index contributed by atoms with van der Waals surface area (Å²) in [5.41, 5.74) is 6.34. The van der Waals surface area contributed by atoms with Crippen LogP contribution in [0, 0.1) is 0 Å². The van der Waals surface area contributed by atoms with Gasteiger partial charge < -0.3 is 24.7 Å². The summed E-state index contributed by atoms with van der Waals surface area (Å²) in [4.78, 5) is 20.0. The molecule has 3 aromatic rings. The number of pyridine rings is 1. The Morgan fingerprint density at radius 2 is 1.90 bits per heavy atom. The number of carbonyl (C=O) groups is 1. The molecule has 0 unspecified atom stereocenters. The van der Waals surface area contributed by atoms with E-state index in [1.165, 1.54) is 12.8 Å². The average Bonchev–Trinajstić information content (AvgIpc) is 3.49. The summed E-state index contributed by atoms with van der Waals surface area (Å²) in [6.45, 7) is 2.48. The zero-order valence-electron chi connectivity index (χ0n) is 15.6. The van der Waals surface area contributed by atoms with Gasteiger partial charge in [0.25, 0.3) is 5.89 Å². The van der Waals surface area contributed by atoms with E-state index in [9.17, 15) is 13.2 Å². The predicted octanol–water partition coefficient (Wildman–Crippen LogP) is 3.08. The van der Waals surface area contributed by atoms with Crippen molar-refractivity contribution in [1.82, 2.24) is 15.1 Å². The highest BCUT2D eigenvalue weighted by Gasteiger charge is 2.38. The lowest BCUT2D eigenvalue weighted by atomic mass is 10.2. The molecule has 1 fully saturated rings. The van der Waals surface area contributed by atoms with Crippen LogP contribution in [0.3, 0.4) is 0 Å². The molecule has 0 aromatic carbocycles. The van der Waals surface area contributed by atoms with Gasteiger partial charge in [0.15, 0.2) is 5.76 Å². The van der Waals surface area contributed by atoms with Crippen molar-refractivity contribution in [3.63, 3.8) is 0 Å². The molecule has 0 aliphatic carbocycles. The molecule has 1 saturated heterocycles. The van der Waals surface area contributed by atoms with Crippen molar-refractivity contribution in [3.8, 4) is 23.0 Å². The zero-order chi connectivity index (χ0) is 21.7. The van der Waals surface area contributed by atoms with E-state index in [0.717, 1.165) is 24.5 Å². The number of aromatic nitrogens is 3. The van der Waals surface area contributed by atoms with Crippen LogP contribution in [0.2, 0.25) is 0 Å². The first-order valence-electron chi connectivity index (χ1n) is 8.92. The van der Waals surface area contributed by atoms with Gasteiger partial charge >= 0.3 is 12.1 Å². The number of aliphatic carboxylic acids is 1. The maximum Gasteiger partial charge on any atom is 0.490 e. The van der Waals surface area contributed by atoms with Crippen molar-refractivity contribution in [2.45, 2.75) is 25.6 Å². The molecular weight excluding hydrogens is 407 g/mol. The van der Waals surface area contributed by atoms with Gasteiger partial charge in [-0.15, -0.1) is 0 Å². The van der Waals surface area contributed by atoms with Gasteiger partial charge in [-0.2, -0.15) is 18.2 Å².